The van der Waals surface area contributed by atoms with Crippen molar-refractivity contribution in [2.24, 2.45) is 0 Å². The van der Waals surface area contributed by atoms with Crippen molar-refractivity contribution in [2.75, 3.05) is 50.7 Å². The molecule has 0 radical (unpaired) electrons. The molecule has 0 spiro atoms. The van der Waals surface area contributed by atoms with Gasteiger partial charge in [0.05, 0.1) is 0 Å². The van der Waals surface area contributed by atoms with E-state index < -0.39 is 0 Å². The van der Waals surface area contributed by atoms with Gasteiger partial charge in [-0.05, 0) is 30.8 Å². The number of piperazine rings is 1. The van der Waals surface area contributed by atoms with Gasteiger partial charge in [-0.25, -0.2) is 4.79 Å². The molecule has 2 fully saturated rings. The summed E-state index contributed by atoms with van der Waals surface area (Å²) in [6.45, 7) is 7.96. The van der Waals surface area contributed by atoms with Crippen LogP contribution < -0.4 is 10.2 Å². The van der Waals surface area contributed by atoms with Crippen LogP contribution in [-0.2, 0) is 0 Å². The predicted octanol–water partition coefficient (Wildman–Crippen LogP) is 0.994. The maximum absolute atomic E-state index is 12.5. The molecule has 2 heterocycles. The SMILES string of the molecule is CCN1CCN(C(=O)c2ccc(N3CCNC3=O)cc2)CC1. The van der Waals surface area contributed by atoms with Crippen molar-refractivity contribution in [3.63, 3.8) is 0 Å². The molecule has 6 heteroatoms. The molecule has 118 valence electrons. The summed E-state index contributed by atoms with van der Waals surface area (Å²) in [5.41, 5.74) is 1.52. The van der Waals surface area contributed by atoms with Crippen LogP contribution in [0.25, 0.3) is 0 Å². The van der Waals surface area contributed by atoms with Crippen LogP contribution in [0, 0.1) is 0 Å². The fraction of sp³-hybridized carbons (Fsp3) is 0.500. The molecule has 6 nitrogen and oxygen atoms in total. The van der Waals surface area contributed by atoms with Gasteiger partial charge < -0.3 is 15.1 Å². The van der Waals surface area contributed by atoms with Gasteiger partial charge in [-0.15, -0.1) is 0 Å². The number of hydrogen-bond donors (Lipinski definition) is 1. The van der Waals surface area contributed by atoms with E-state index in [1.165, 1.54) is 0 Å². The third kappa shape index (κ3) is 2.92. The molecular formula is C16H22N4O2. The Bertz CT molecular complexity index is 550. The van der Waals surface area contributed by atoms with Gasteiger partial charge in [-0.1, -0.05) is 6.92 Å². The summed E-state index contributed by atoms with van der Waals surface area (Å²) in [5.74, 6) is 0.0770. The number of nitrogens with one attached hydrogen (secondary N) is 1. The first-order chi connectivity index (χ1) is 10.7. The van der Waals surface area contributed by atoms with Gasteiger partial charge in [0.1, 0.15) is 0 Å². The van der Waals surface area contributed by atoms with E-state index in [9.17, 15) is 9.59 Å². The monoisotopic (exact) mass is 302 g/mol. The van der Waals surface area contributed by atoms with E-state index in [-0.39, 0.29) is 11.9 Å². The van der Waals surface area contributed by atoms with Gasteiger partial charge in [0.25, 0.3) is 5.91 Å². The van der Waals surface area contributed by atoms with E-state index in [0.717, 1.165) is 38.4 Å². The minimum absolute atomic E-state index is 0.0743. The molecule has 0 saturated carbocycles. The van der Waals surface area contributed by atoms with Gasteiger partial charge in [0.15, 0.2) is 0 Å². The number of benzene rings is 1. The van der Waals surface area contributed by atoms with E-state index in [4.69, 9.17) is 0 Å². The molecule has 0 unspecified atom stereocenters. The van der Waals surface area contributed by atoms with Crippen molar-refractivity contribution in [3.05, 3.63) is 29.8 Å². The number of urea groups is 1. The van der Waals surface area contributed by atoms with Crippen molar-refractivity contribution in [1.29, 1.82) is 0 Å². The normalized spacial score (nSPS) is 19.4. The highest BCUT2D eigenvalue weighted by Gasteiger charge is 2.23. The van der Waals surface area contributed by atoms with Gasteiger partial charge in [0.2, 0.25) is 0 Å². The average Bonchev–Trinajstić information content (AvgIpc) is 3.00. The quantitative estimate of drug-likeness (QED) is 0.906. The maximum atomic E-state index is 12.5. The highest BCUT2D eigenvalue weighted by molar-refractivity contribution is 5.97. The van der Waals surface area contributed by atoms with Crippen LogP contribution in [0.2, 0.25) is 0 Å². The Morgan fingerprint density at radius 3 is 2.32 bits per heavy atom. The van der Waals surface area contributed by atoms with Gasteiger partial charge in [-0.3, -0.25) is 9.69 Å². The molecule has 1 N–H and O–H groups in total. The molecule has 3 rings (SSSR count). The van der Waals surface area contributed by atoms with Crippen molar-refractivity contribution < 1.29 is 9.59 Å². The lowest BCUT2D eigenvalue weighted by Crippen LogP contribution is -2.48. The highest BCUT2D eigenvalue weighted by atomic mass is 16.2. The third-order valence-electron chi connectivity index (χ3n) is 4.39. The smallest absolute Gasteiger partial charge is 0.321 e. The van der Waals surface area contributed by atoms with Crippen LogP contribution in [0.3, 0.4) is 0 Å². The zero-order valence-corrected chi connectivity index (χ0v) is 12.9. The molecule has 0 aromatic heterocycles. The molecule has 0 aliphatic carbocycles. The number of carbonyl (C=O) groups excluding carboxylic acids is 2. The Morgan fingerprint density at radius 1 is 1.09 bits per heavy atom. The standard InChI is InChI=1S/C16H22N4O2/c1-2-18-9-11-19(12-10-18)15(21)13-3-5-14(6-4-13)20-8-7-17-16(20)22/h3-6H,2,7-12H2,1H3,(H,17,22). The van der Waals surface area contributed by atoms with Crippen molar-refractivity contribution in [1.82, 2.24) is 15.1 Å². The molecule has 2 saturated heterocycles. The molecule has 2 aliphatic rings. The summed E-state index contributed by atoms with van der Waals surface area (Å²) in [5, 5.41) is 2.77. The summed E-state index contributed by atoms with van der Waals surface area (Å²) < 4.78 is 0. The van der Waals surface area contributed by atoms with Gasteiger partial charge in [-0.2, -0.15) is 0 Å². The van der Waals surface area contributed by atoms with Gasteiger partial charge >= 0.3 is 6.03 Å². The summed E-state index contributed by atoms with van der Waals surface area (Å²) in [7, 11) is 0. The van der Waals surface area contributed by atoms with Crippen molar-refractivity contribution in [3.8, 4) is 0 Å². The van der Waals surface area contributed by atoms with E-state index in [2.05, 4.69) is 17.1 Å². The van der Waals surface area contributed by atoms with E-state index >= 15 is 0 Å². The molecule has 0 bridgehead atoms. The zero-order valence-electron chi connectivity index (χ0n) is 12.9. The Kier molecular flexibility index (Phi) is 4.29. The fourth-order valence-electron chi connectivity index (χ4n) is 2.95. The van der Waals surface area contributed by atoms with E-state index in [0.29, 0.717) is 18.7 Å². The highest BCUT2D eigenvalue weighted by Crippen LogP contribution is 2.18. The Morgan fingerprint density at radius 2 is 1.77 bits per heavy atom. The number of rotatable bonds is 3. The minimum Gasteiger partial charge on any atom is -0.336 e. The zero-order chi connectivity index (χ0) is 15.5. The summed E-state index contributed by atoms with van der Waals surface area (Å²) in [4.78, 5) is 30.1. The molecule has 3 amide bonds. The minimum atomic E-state index is -0.0743. The van der Waals surface area contributed by atoms with Crippen molar-refractivity contribution in [2.45, 2.75) is 6.92 Å². The van der Waals surface area contributed by atoms with Crippen LogP contribution >= 0.6 is 0 Å². The summed E-state index contributed by atoms with van der Waals surface area (Å²) >= 11 is 0. The van der Waals surface area contributed by atoms with Crippen LogP contribution in [0.5, 0.6) is 0 Å². The number of nitrogens with zero attached hydrogens (tertiary/aromatic N) is 3. The number of carbonyl (C=O) groups is 2. The molecular weight excluding hydrogens is 280 g/mol. The maximum Gasteiger partial charge on any atom is 0.321 e. The van der Waals surface area contributed by atoms with E-state index in [1.54, 1.807) is 4.90 Å². The second kappa shape index (κ2) is 6.36. The number of anilines is 1. The average molecular weight is 302 g/mol. The number of hydrogen-bond acceptors (Lipinski definition) is 3. The number of likely N-dealkylation sites (N-methyl/N-ethyl adjacent to an activating group) is 1. The first-order valence-electron chi connectivity index (χ1n) is 7.86. The lowest BCUT2D eigenvalue weighted by atomic mass is 10.1. The predicted molar refractivity (Wildman–Crippen MR) is 85.2 cm³/mol. The Labute approximate surface area is 130 Å². The third-order valence-corrected chi connectivity index (χ3v) is 4.39. The summed E-state index contributed by atoms with van der Waals surface area (Å²) in [6.07, 6.45) is 0. The van der Waals surface area contributed by atoms with Crippen LogP contribution in [-0.4, -0.2) is 67.6 Å². The lowest BCUT2D eigenvalue weighted by molar-refractivity contribution is 0.0643. The Hall–Kier alpha value is -2.08. The van der Waals surface area contributed by atoms with Crippen LogP contribution in [0.1, 0.15) is 17.3 Å². The largest absolute Gasteiger partial charge is 0.336 e. The van der Waals surface area contributed by atoms with Crippen LogP contribution in [0.15, 0.2) is 24.3 Å². The first-order valence-corrected chi connectivity index (χ1v) is 7.86. The van der Waals surface area contributed by atoms with E-state index in [1.807, 2.05) is 29.2 Å². The summed E-state index contributed by atoms with van der Waals surface area (Å²) in [6, 6.07) is 7.25. The molecule has 2 aliphatic heterocycles. The molecule has 1 aromatic carbocycles. The van der Waals surface area contributed by atoms with Crippen LogP contribution in [0.4, 0.5) is 10.5 Å². The number of amides is 3. The second-order valence-corrected chi connectivity index (χ2v) is 5.66. The fourth-order valence-corrected chi connectivity index (χ4v) is 2.95. The molecule has 0 atom stereocenters. The molecule has 1 aromatic rings. The first kappa shape index (κ1) is 14.8. The second-order valence-electron chi connectivity index (χ2n) is 5.66. The lowest BCUT2D eigenvalue weighted by Gasteiger charge is -2.34. The van der Waals surface area contributed by atoms with Crippen molar-refractivity contribution >= 4 is 17.6 Å². The Balaban J connectivity index is 1.65. The van der Waals surface area contributed by atoms with Gasteiger partial charge in [0, 0.05) is 50.5 Å². The molecule has 22 heavy (non-hydrogen) atoms. The topological polar surface area (TPSA) is 55.9 Å².